The van der Waals surface area contributed by atoms with Crippen LogP contribution in [0.1, 0.15) is 18.1 Å². The molecule has 0 saturated carbocycles. The fourth-order valence-electron chi connectivity index (χ4n) is 2.73. The molecule has 0 atom stereocenters. The monoisotopic (exact) mass is 248 g/mol. The molecule has 0 aliphatic carbocycles. The first-order valence-corrected chi connectivity index (χ1v) is 7.16. The fourth-order valence-corrected chi connectivity index (χ4v) is 2.73. The Morgan fingerprint density at radius 1 is 0.833 bits per heavy atom. The van der Waals surface area contributed by atoms with Crippen LogP contribution in [0.2, 0.25) is 0 Å². The van der Waals surface area contributed by atoms with Crippen molar-refractivity contribution in [1.82, 2.24) is 0 Å². The lowest BCUT2D eigenvalue weighted by Crippen LogP contribution is -2.61. The number of nitrogens with zero attached hydrogens (tertiary/aromatic N) is 2. The van der Waals surface area contributed by atoms with Crippen LogP contribution < -0.4 is 0 Å². The summed E-state index contributed by atoms with van der Waals surface area (Å²) in [6.07, 6.45) is 1.14. The van der Waals surface area contributed by atoms with Crippen molar-refractivity contribution in [3.63, 3.8) is 0 Å². The molecule has 0 radical (unpaired) electrons. The number of benzene rings is 1. The van der Waals surface area contributed by atoms with Crippen molar-refractivity contribution in [3.8, 4) is 0 Å². The van der Waals surface area contributed by atoms with E-state index in [1.54, 1.807) is 0 Å². The number of piperazine rings is 1. The third-order valence-corrected chi connectivity index (χ3v) is 4.49. The van der Waals surface area contributed by atoms with Gasteiger partial charge in [-0.15, -0.1) is 0 Å². The molecule has 1 aliphatic heterocycles. The van der Waals surface area contributed by atoms with Crippen molar-refractivity contribution in [2.75, 3.05) is 47.3 Å². The van der Waals surface area contributed by atoms with Crippen molar-refractivity contribution in [3.05, 3.63) is 35.4 Å². The molecule has 1 fully saturated rings. The average Bonchev–Trinajstić information content (AvgIpc) is 2.35. The standard InChI is InChI=1S/C16H28N2/c1-5-15-6-8-16(9-7-15)14-18(4)12-10-17(2,3)11-13-18/h6-9H,5,10-14H2,1-4H3/q+2. The van der Waals surface area contributed by atoms with E-state index in [9.17, 15) is 0 Å². The van der Waals surface area contributed by atoms with E-state index in [2.05, 4.69) is 52.3 Å². The number of quaternary nitrogens is 2. The summed E-state index contributed by atoms with van der Waals surface area (Å²) in [6.45, 7) is 8.58. The van der Waals surface area contributed by atoms with Crippen molar-refractivity contribution in [1.29, 1.82) is 0 Å². The van der Waals surface area contributed by atoms with E-state index >= 15 is 0 Å². The Balaban J connectivity index is 2.00. The summed E-state index contributed by atoms with van der Waals surface area (Å²) >= 11 is 0. The summed E-state index contributed by atoms with van der Waals surface area (Å²) in [6, 6.07) is 9.20. The quantitative estimate of drug-likeness (QED) is 0.720. The maximum absolute atomic E-state index is 2.41. The van der Waals surface area contributed by atoms with Crippen LogP contribution >= 0.6 is 0 Å². The molecule has 2 rings (SSSR count). The number of hydrogen-bond acceptors (Lipinski definition) is 0. The van der Waals surface area contributed by atoms with Crippen LogP contribution in [0, 0.1) is 0 Å². The molecule has 0 bridgehead atoms. The van der Waals surface area contributed by atoms with Crippen molar-refractivity contribution >= 4 is 0 Å². The lowest BCUT2D eigenvalue weighted by atomic mass is 10.1. The van der Waals surface area contributed by atoms with Crippen molar-refractivity contribution < 1.29 is 8.97 Å². The highest BCUT2D eigenvalue weighted by Crippen LogP contribution is 2.18. The maximum atomic E-state index is 2.41. The van der Waals surface area contributed by atoms with Gasteiger partial charge in [-0.2, -0.15) is 0 Å². The Labute approximate surface area is 112 Å². The Hall–Kier alpha value is -0.860. The molecule has 0 amide bonds. The second-order valence-electron chi connectivity index (χ2n) is 6.78. The average molecular weight is 248 g/mol. The topological polar surface area (TPSA) is 0 Å². The van der Waals surface area contributed by atoms with Gasteiger partial charge in [0.25, 0.3) is 0 Å². The molecule has 2 heteroatoms. The van der Waals surface area contributed by atoms with E-state index in [0.29, 0.717) is 0 Å². The van der Waals surface area contributed by atoms with Gasteiger partial charge in [-0.1, -0.05) is 31.2 Å². The van der Waals surface area contributed by atoms with Crippen LogP contribution in [-0.4, -0.2) is 56.3 Å². The first-order valence-electron chi connectivity index (χ1n) is 7.16. The maximum Gasteiger partial charge on any atom is 0.129 e. The van der Waals surface area contributed by atoms with Crippen LogP contribution in [0.25, 0.3) is 0 Å². The lowest BCUT2D eigenvalue weighted by Gasteiger charge is -2.44. The van der Waals surface area contributed by atoms with E-state index in [1.807, 2.05) is 0 Å². The minimum atomic E-state index is 1.14. The predicted octanol–water partition coefficient (Wildman–Crippen LogP) is 2.29. The Bertz CT molecular complexity index is 382. The molecule has 0 N–H and O–H groups in total. The van der Waals surface area contributed by atoms with E-state index < -0.39 is 0 Å². The minimum absolute atomic E-state index is 1.14. The first kappa shape index (κ1) is 13.6. The van der Waals surface area contributed by atoms with Gasteiger partial charge in [-0.3, -0.25) is 0 Å². The number of likely N-dealkylation sites (N-methyl/N-ethyl adjacent to an activating group) is 2. The molecule has 1 aliphatic rings. The van der Waals surface area contributed by atoms with E-state index in [-0.39, 0.29) is 0 Å². The molecule has 1 aromatic rings. The van der Waals surface area contributed by atoms with Gasteiger partial charge in [0.05, 0.1) is 21.1 Å². The summed E-state index contributed by atoms with van der Waals surface area (Å²) in [5.74, 6) is 0. The summed E-state index contributed by atoms with van der Waals surface area (Å²) in [7, 11) is 7.10. The highest BCUT2D eigenvalue weighted by molar-refractivity contribution is 5.21. The predicted molar refractivity (Wildman–Crippen MR) is 77.3 cm³/mol. The zero-order valence-electron chi connectivity index (χ0n) is 12.4. The van der Waals surface area contributed by atoms with E-state index in [4.69, 9.17) is 0 Å². The van der Waals surface area contributed by atoms with Crippen molar-refractivity contribution in [2.24, 2.45) is 0 Å². The van der Waals surface area contributed by atoms with Crippen LogP contribution in [-0.2, 0) is 13.0 Å². The van der Waals surface area contributed by atoms with Gasteiger partial charge in [0.15, 0.2) is 0 Å². The molecular formula is C16H28N2+2. The lowest BCUT2D eigenvalue weighted by molar-refractivity contribution is -1.01. The Morgan fingerprint density at radius 2 is 1.33 bits per heavy atom. The molecule has 18 heavy (non-hydrogen) atoms. The molecular weight excluding hydrogens is 220 g/mol. The van der Waals surface area contributed by atoms with Crippen LogP contribution in [0.15, 0.2) is 24.3 Å². The third-order valence-electron chi connectivity index (χ3n) is 4.49. The van der Waals surface area contributed by atoms with E-state index in [1.165, 1.54) is 52.8 Å². The van der Waals surface area contributed by atoms with Gasteiger partial charge in [0.2, 0.25) is 0 Å². The minimum Gasteiger partial charge on any atom is -0.319 e. The highest BCUT2D eigenvalue weighted by atomic mass is 15.4. The van der Waals surface area contributed by atoms with Crippen LogP contribution in [0.5, 0.6) is 0 Å². The number of aryl methyl sites for hydroxylation is 1. The first-order chi connectivity index (χ1) is 8.42. The van der Waals surface area contributed by atoms with E-state index in [0.717, 1.165) is 6.42 Å². The molecule has 0 spiro atoms. The van der Waals surface area contributed by atoms with Gasteiger partial charge >= 0.3 is 0 Å². The summed E-state index contributed by atoms with van der Waals surface area (Å²) in [5, 5.41) is 0. The Kier molecular flexibility index (Phi) is 3.79. The normalized spacial score (nSPS) is 21.8. The molecule has 1 aromatic carbocycles. The molecule has 1 saturated heterocycles. The summed E-state index contributed by atoms with van der Waals surface area (Å²) in [4.78, 5) is 0. The van der Waals surface area contributed by atoms with Gasteiger partial charge in [-0.05, 0) is 12.0 Å². The zero-order chi connectivity index (χ0) is 13.2. The van der Waals surface area contributed by atoms with Gasteiger partial charge in [0, 0.05) is 5.56 Å². The van der Waals surface area contributed by atoms with Gasteiger partial charge in [-0.25, -0.2) is 0 Å². The molecule has 1 heterocycles. The third kappa shape index (κ3) is 3.33. The second-order valence-corrected chi connectivity index (χ2v) is 6.78. The summed E-state index contributed by atoms with van der Waals surface area (Å²) < 4.78 is 2.38. The molecule has 2 nitrogen and oxygen atoms in total. The van der Waals surface area contributed by atoms with Gasteiger partial charge < -0.3 is 8.97 Å². The summed E-state index contributed by atoms with van der Waals surface area (Å²) in [5.41, 5.74) is 2.93. The molecule has 0 aromatic heterocycles. The van der Waals surface area contributed by atoms with Crippen LogP contribution in [0.4, 0.5) is 0 Å². The smallest absolute Gasteiger partial charge is 0.129 e. The SMILES string of the molecule is CCc1ccc(C[N+]2(C)CC[N+](C)(C)CC2)cc1. The van der Waals surface area contributed by atoms with Crippen LogP contribution in [0.3, 0.4) is 0 Å². The molecule has 0 unspecified atom stereocenters. The number of hydrogen-bond donors (Lipinski definition) is 0. The number of rotatable bonds is 3. The second kappa shape index (κ2) is 5.02. The zero-order valence-corrected chi connectivity index (χ0v) is 12.4. The van der Waals surface area contributed by atoms with Gasteiger partial charge in [0.1, 0.15) is 32.7 Å². The highest BCUT2D eigenvalue weighted by Gasteiger charge is 2.34. The molecule has 100 valence electrons. The fraction of sp³-hybridized carbons (Fsp3) is 0.625. The Morgan fingerprint density at radius 3 is 1.83 bits per heavy atom. The van der Waals surface area contributed by atoms with Crippen molar-refractivity contribution in [2.45, 2.75) is 19.9 Å². The largest absolute Gasteiger partial charge is 0.319 e.